The van der Waals surface area contributed by atoms with Gasteiger partial charge in [-0.25, -0.2) is 0 Å². The van der Waals surface area contributed by atoms with E-state index in [0.29, 0.717) is 17.0 Å². The van der Waals surface area contributed by atoms with Gasteiger partial charge in [0.2, 0.25) is 0 Å². The van der Waals surface area contributed by atoms with Crippen LogP contribution < -0.4 is 0 Å². The molecular formula is C33H39O3S2+. The van der Waals surface area contributed by atoms with Gasteiger partial charge in [-0.2, -0.15) is 8.42 Å². The van der Waals surface area contributed by atoms with Crippen LogP contribution in [0.15, 0.2) is 123 Å². The Morgan fingerprint density at radius 2 is 0.868 bits per heavy atom. The molecule has 0 heterocycles. The zero-order chi connectivity index (χ0) is 27.9. The van der Waals surface area contributed by atoms with E-state index in [0.717, 1.165) is 5.56 Å². The van der Waals surface area contributed by atoms with Gasteiger partial charge in [0.15, 0.2) is 14.7 Å². The topological polar surface area (TPSA) is 54.4 Å². The Labute approximate surface area is 232 Å². The SMILES string of the molecule is CC(C)c1cc(C(C)C)c(S(=O)(=O)O)c(C(C)C)c1.c1ccc([S+](c2ccccc2)c2ccccc2)cc1. The standard InChI is InChI=1S/C18H15S.C15H24O3S/c1-4-10-16(11-5-1)19(17-12-6-2-7-13-17)18-14-8-3-9-15-18;1-9(2)12-7-13(10(3)4)15(19(16,17)18)14(8-12)11(5)6/h1-15H;7-11H,1-6H3,(H,16,17,18)/q+1;. The van der Waals surface area contributed by atoms with E-state index in [1.54, 1.807) is 0 Å². The highest BCUT2D eigenvalue weighted by atomic mass is 32.2. The summed E-state index contributed by atoms with van der Waals surface area (Å²) in [5.41, 5.74) is 2.52. The average Bonchev–Trinajstić information content (AvgIpc) is 2.89. The molecule has 0 bridgehead atoms. The van der Waals surface area contributed by atoms with E-state index in [-0.39, 0.29) is 27.6 Å². The molecule has 0 fully saturated rings. The first-order valence-corrected chi connectivity index (χ1v) is 15.7. The molecule has 4 aromatic rings. The van der Waals surface area contributed by atoms with E-state index in [2.05, 4.69) is 105 Å². The lowest BCUT2D eigenvalue weighted by molar-refractivity contribution is 0.479. The van der Waals surface area contributed by atoms with Gasteiger partial charge in [-0.3, -0.25) is 4.55 Å². The van der Waals surface area contributed by atoms with Crippen LogP contribution in [0.5, 0.6) is 0 Å². The minimum absolute atomic E-state index is 0.0146. The van der Waals surface area contributed by atoms with Gasteiger partial charge in [0.05, 0.1) is 10.9 Å². The molecule has 200 valence electrons. The van der Waals surface area contributed by atoms with E-state index in [4.69, 9.17) is 0 Å². The second-order valence-corrected chi connectivity index (χ2v) is 13.6. The van der Waals surface area contributed by atoms with Crippen molar-refractivity contribution in [1.29, 1.82) is 0 Å². The zero-order valence-corrected chi connectivity index (χ0v) is 24.8. The van der Waals surface area contributed by atoms with E-state index >= 15 is 0 Å². The van der Waals surface area contributed by atoms with Crippen LogP contribution in [0.2, 0.25) is 0 Å². The molecule has 0 spiro atoms. The van der Waals surface area contributed by atoms with Crippen LogP contribution in [0.3, 0.4) is 0 Å². The smallest absolute Gasteiger partial charge is 0.282 e. The number of rotatable bonds is 7. The highest BCUT2D eigenvalue weighted by Crippen LogP contribution is 2.35. The lowest BCUT2D eigenvalue weighted by Gasteiger charge is -2.20. The van der Waals surface area contributed by atoms with Crippen LogP contribution >= 0.6 is 0 Å². The molecule has 1 N–H and O–H groups in total. The normalized spacial score (nSPS) is 11.7. The second-order valence-electron chi connectivity index (χ2n) is 10.2. The minimum atomic E-state index is -4.20. The summed E-state index contributed by atoms with van der Waals surface area (Å²) in [4.78, 5) is 4.18. The summed E-state index contributed by atoms with van der Waals surface area (Å²) in [7, 11) is -4.21. The Morgan fingerprint density at radius 1 is 0.553 bits per heavy atom. The average molecular weight is 548 g/mol. The molecule has 0 saturated heterocycles. The van der Waals surface area contributed by atoms with Crippen LogP contribution in [0.1, 0.15) is 76.0 Å². The van der Waals surface area contributed by atoms with Gasteiger partial charge in [0, 0.05) is 0 Å². The van der Waals surface area contributed by atoms with E-state index < -0.39 is 10.1 Å². The summed E-state index contributed by atoms with van der Waals surface area (Å²) < 4.78 is 33.0. The molecule has 0 saturated carbocycles. The third kappa shape index (κ3) is 7.59. The lowest BCUT2D eigenvalue weighted by atomic mass is 9.89. The predicted octanol–water partition coefficient (Wildman–Crippen LogP) is 9.09. The van der Waals surface area contributed by atoms with Crippen molar-refractivity contribution in [2.45, 2.75) is 78.9 Å². The molecule has 0 aromatic heterocycles. The minimum Gasteiger partial charge on any atom is -0.282 e. The number of hydrogen-bond acceptors (Lipinski definition) is 2. The fourth-order valence-corrected chi connectivity index (χ4v) is 7.55. The Hall–Kier alpha value is -2.86. The van der Waals surface area contributed by atoms with Crippen molar-refractivity contribution in [3.63, 3.8) is 0 Å². The fourth-order valence-electron chi connectivity index (χ4n) is 4.27. The highest BCUT2D eigenvalue weighted by Gasteiger charge is 2.28. The van der Waals surface area contributed by atoms with Crippen molar-refractivity contribution >= 4 is 21.0 Å². The summed E-state index contributed by atoms with van der Waals surface area (Å²) in [5.74, 6) is 0.423. The molecule has 0 atom stereocenters. The molecule has 5 heteroatoms. The number of benzene rings is 4. The van der Waals surface area contributed by atoms with Crippen LogP contribution in [-0.2, 0) is 21.0 Å². The zero-order valence-electron chi connectivity index (χ0n) is 23.1. The molecule has 3 nitrogen and oxygen atoms in total. The summed E-state index contributed by atoms with van der Waals surface area (Å²) in [5, 5.41) is 0. The van der Waals surface area contributed by atoms with Gasteiger partial charge in [0.1, 0.15) is 4.90 Å². The monoisotopic (exact) mass is 547 g/mol. The van der Waals surface area contributed by atoms with Crippen LogP contribution in [0.4, 0.5) is 0 Å². The maximum atomic E-state index is 11.7. The van der Waals surface area contributed by atoms with Gasteiger partial charge < -0.3 is 0 Å². The summed E-state index contributed by atoms with van der Waals surface area (Å²) >= 11 is 0. The van der Waals surface area contributed by atoms with Gasteiger partial charge in [0.25, 0.3) is 10.1 Å². The largest absolute Gasteiger partial charge is 0.295 e. The Bertz CT molecular complexity index is 1270. The van der Waals surface area contributed by atoms with Crippen LogP contribution in [0, 0.1) is 0 Å². The van der Waals surface area contributed by atoms with Crippen molar-refractivity contribution in [3.8, 4) is 0 Å². The quantitative estimate of drug-likeness (QED) is 0.185. The predicted molar refractivity (Wildman–Crippen MR) is 160 cm³/mol. The van der Waals surface area contributed by atoms with Gasteiger partial charge >= 0.3 is 0 Å². The molecule has 38 heavy (non-hydrogen) atoms. The summed E-state index contributed by atoms with van der Waals surface area (Å²) in [6, 6.07) is 36.0. The van der Waals surface area contributed by atoms with E-state index in [1.807, 2.05) is 39.8 Å². The molecule has 0 unspecified atom stereocenters. The fraction of sp³-hybridized carbons (Fsp3) is 0.273. The Morgan fingerprint density at radius 3 is 1.11 bits per heavy atom. The van der Waals surface area contributed by atoms with Crippen molar-refractivity contribution in [1.82, 2.24) is 0 Å². The highest BCUT2D eigenvalue weighted by molar-refractivity contribution is 7.97. The van der Waals surface area contributed by atoms with Crippen LogP contribution in [-0.4, -0.2) is 13.0 Å². The molecule has 0 aliphatic carbocycles. The van der Waals surface area contributed by atoms with Gasteiger partial charge in [-0.05, 0) is 70.8 Å². The number of hydrogen-bond donors (Lipinski definition) is 1. The van der Waals surface area contributed by atoms with Crippen molar-refractivity contribution in [2.24, 2.45) is 0 Å². The first kappa shape index (κ1) is 29.7. The van der Waals surface area contributed by atoms with Crippen molar-refractivity contribution in [3.05, 3.63) is 120 Å². The molecular weight excluding hydrogens is 508 g/mol. The molecule has 0 amide bonds. The molecule has 4 aromatic carbocycles. The second kappa shape index (κ2) is 13.3. The van der Waals surface area contributed by atoms with Crippen molar-refractivity contribution in [2.75, 3.05) is 0 Å². The summed E-state index contributed by atoms with van der Waals surface area (Å²) in [6.07, 6.45) is 0. The van der Waals surface area contributed by atoms with E-state index in [9.17, 15) is 13.0 Å². The van der Waals surface area contributed by atoms with E-state index in [1.165, 1.54) is 14.7 Å². The molecule has 0 radical (unpaired) electrons. The molecule has 4 rings (SSSR count). The van der Waals surface area contributed by atoms with Crippen molar-refractivity contribution < 1.29 is 13.0 Å². The Balaban J connectivity index is 0.000000211. The third-order valence-electron chi connectivity index (χ3n) is 6.27. The first-order chi connectivity index (χ1) is 18.0. The maximum Gasteiger partial charge on any atom is 0.295 e. The van der Waals surface area contributed by atoms with Gasteiger partial charge in [-0.15, -0.1) is 0 Å². The van der Waals surface area contributed by atoms with Gasteiger partial charge in [-0.1, -0.05) is 108 Å². The third-order valence-corrected chi connectivity index (χ3v) is 9.49. The maximum absolute atomic E-state index is 11.7. The first-order valence-electron chi connectivity index (χ1n) is 13.0. The molecule has 0 aliphatic heterocycles. The molecule has 0 aliphatic rings. The summed E-state index contributed by atoms with van der Waals surface area (Å²) in [6.45, 7) is 11.9. The lowest BCUT2D eigenvalue weighted by Crippen LogP contribution is -2.11. The Kier molecular flexibility index (Phi) is 10.4. The van der Waals surface area contributed by atoms with Crippen LogP contribution in [0.25, 0.3) is 0 Å².